The summed E-state index contributed by atoms with van der Waals surface area (Å²) in [6.07, 6.45) is 0. The summed E-state index contributed by atoms with van der Waals surface area (Å²) in [7, 11) is 0. The van der Waals surface area contributed by atoms with Crippen LogP contribution in [0.2, 0.25) is 0 Å². The van der Waals surface area contributed by atoms with Gasteiger partial charge < -0.3 is 5.32 Å². The molecule has 20 heavy (non-hydrogen) atoms. The van der Waals surface area contributed by atoms with Crippen LogP contribution in [0, 0.1) is 11.6 Å². The van der Waals surface area contributed by atoms with Crippen molar-refractivity contribution in [3.05, 3.63) is 57.8 Å². The molecule has 1 aromatic heterocycles. The molecule has 1 N–H and O–H groups in total. The Bertz CT molecular complexity index is 544. The molecular weight excluding hydrogens is 276 g/mol. The highest BCUT2D eigenvalue weighted by atomic mass is 32.1. The maximum Gasteiger partial charge on any atom is 0.126 e. The number of rotatable bonds is 5. The topological polar surface area (TPSA) is 12.0 Å². The van der Waals surface area contributed by atoms with Crippen LogP contribution < -0.4 is 5.32 Å². The Morgan fingerprint density at radius 2 is 1.85 bits per heavy atom. The highest BCUT2D eigenvalue weighted by molar-refractivity contribution is 7.10. The average molecular weight is 295 g/mol. The number of benzene rings is 1. The Morgan fingerprint density at radius 3 is 2.40 bits per heavy atom. The van der Waals surface area contributed by atoms with Gasteiger partial charge in [0.1, 0.15) is 11.6 Å². The van der Waals surface area contributed by atoms with Crippen molar-refractivity contribution in [2.45, 2.75) is 32.2 Å². The van der Waals surface area contributed by atoms with Crippen molar-refractivity contribution in [1.82, 2.24) is 5.32 Å². The lowest BCUT2D eigenvalue weighted by atomic mass is 9.91. The molecular formula is C16H19F2NS. The van der Waals surface area contributed by atoms with Gasteiger partial charge in [0.05, 0.1) is 0 Å². The largest absolute Gasteiger partial charge is 0.309 e. The first kappa shape index (κ1) is 15.1. The first-order valence-electron chi connectivity index (χ1n) is 6.62. The second kappa shape index (κ2) is 6.02. The maximum atomic E-state index is 13.2. The molecule has 1 unspecified atom stereocenters. The monoisotopic (exact) mass is 295 g/mol. The van der Waals surface area contributed by atoms with Crippen LogP contribution in [0.15, 0.2) is 35.7 Å². The van der Waals surface area contributed by atoms with Crippen LogP contribution in [0.5, 0.6) is 0 Å². The van der Waals surface area contributed by atoms with Crippen molar-refractivity contribution in [1.29, 1.82) is 0 Å². The molecule has 1 atom stereocenters. The third kappa shape index (κ3) is 3.64. The van der Waals surface area contributed by atoms with E-state index in [1.54, 1.807) is 11.3 Å². The third-order valence-electron chi connectivity index (χ3n) is 3.42. The van der Waals surface area contributed by atoms with E-state index in [4.69, 9.17) is 0 Å². The summed E-state index contributed by atoms with van der Waals surface area (Å²) in [4.78, 5) is 1.29. The molecule has 1 nitrogen and oxygen atoms in total. The first-order chi connectivity index (χ1) is 9.38. The molecule has 0 bridgehead atoms. The van der Waals surface area contributed by atoms with Gasteiger partial charge in [-0.3, -0.25) is 0 Å². The van der Waals surface area contributed by atoms with Gasteiger partial charge in [0.25, 0.3) is 0 Å². The molecule has 0 aliphatic carbocycles. The van der Waals surface area contributed by atoms with Crippen LogP contribution >= 0.6 is 11.3 Å². The number of thiophene rings is 1. The Hall–Kier alpha value is -1.26. The van der Waals surface area contributed by atoms with E-state index in [0.717, 1.165) is 12.6 Å². The fourth-order valence-electron chi connectivity index (χ4n) is 2.10. The molecule has 2 aromatic rings. The summed E-state index contributed by atoms with van der Waals surface area (Å²) in [6.45, 7) is 6.97. The molecule has 0 amide bonds. The summed E-state index contributed by atoms with van der Waals surface area (Å²) in [5.74, 6) is -1.07. The predicted octanol–water partition coefficient (Wildman–Crippen LogP) is 4.65. The van der Waals surface area contributed by atoms with E-state index >= 15 is 0 Å². The SMILES string of the molecule is CC(NCC(C)(C)c1cccs1)c1cc(F)cc(F)c1. The molecule has 0 fully saturated rings. The molecule has 0 saturated heterocycles. The Balaban J connectivity index is 2.03. The van der Waals surface area contributed by atoms with Gasteiger partial charge in [0, 0.05) is 28.9 Å². The highest BCUT2D eigenvalue weighted by Gasteiger charge is 2.22. The Kier molecular flexibility index (Phi) is 4.55. The summed E-state index contributed by atoms with van der Waals surface area (Å²) < 4.78 is 26.4. The smallest absolute Gasteiger partial charge is 0.126 e. The van der Waals surface area contributed by atoms with Gasteiger partial charge in [0.2, 0.25) is 0 Å². The zero-order valence-corrected chi connectivity index (χ0v) is 12.7. The second-order valence-electron chi connectivity index (χ2n) is 5.67. The van der Waals surface area contributed by atoms with Crippen LogP contribution in [-0.4, -0.2) is 6.54 Å². The zero-order valence-electron chi connectivity index (χ0n) is 11.9. The molecule has 0 aliphatic heterocycles. The summed E-state index contributed by atoms with van der Waals surface area (Å²) in [5, 5.41) is 5.41. The fraction of sp³-hybridized carbons (Fsp3) is 0.375. The molecule has 1 aromatic carbocycles. The third-order valence-corrected chi connectivity index (χ3v) is 4.66. The van der Waals surface area contributed by atoms with Crippen molar-refractivity contribution < 1.29 is 8.78 Å². The number of nitrogens with one attached hydrogen (secondary N) is 1. The molecule has 2 rings (SSSR count). The minimum absolute atomic E-state index is 0.00566. The molecule has 108 valence electrons. The molecule has 1 heterocycles. The van der Waals surface area contributed by atoms with Crippen molar-refractivity contribution in [2.24, 2.45) is 0 Å². The predicted molar refractivity (Wildman–Crippen MR) is 80.1 cm³/mol. The van der Waals surface area contributed by atoms with Crippen molar-refractivity contribution >= 4 is 11.3 Å². The standard InChI is InChI=1S/C16H19F2NS/c1-11(12-7-13(17)9-14(18)8-12)19-10-16(2,3)15-5-4-6-20-15/h4-9,11,19H,10H2,1-3H3. The van der Waals surface area contributed by atoms with E-state index in [0.29, 0.717) is 5.56 Å². The van der Waals surface area contributed by atoms with Crippen LogP contribution in [0.25, 0.3) is 0 Å². The molecule has 0 saturated carbocycles. The van der Waals surface area contributed by atoms with E-state index in [2.05, 4.69) is 30.6 Å². The van der Waals surface area contributed by atoms with Crippen molar-refractivity contribution in [2.75, 3.05) is 6.54 Å². The highest BCUT2D eigenvalue weighted by Crippen LogP contribution is 2.27. The number of hydrogen-bond donors (Lipinski definition) is 1. The maximum absolute atomic E-state index is 13.2. The van der Waals surface area contributed by atoms with E-state index < -0.39 is 11.6 Å². The van der Waals surface area contributed by atoms with Gasteiger partial charge in [-0.1, -0.05) is 19.9 Å². The lowest BCUT2D eigenvalue weighted by molar-refractivity contribution is 0.439. The molecule has 0 radical (unpaired) electrons. The average Bonchev–Trinajstić information content (AvgIpc) is 2.89. The van der Waals surface area contributed by atoms with Crippen LogP contribution in [0.4, 0.5) is 8.78 Å². The minimum Gasteiger partial charge on any atom is -0.309 e. The van der Waals surface area contributed by atoms with E-state index in [1.807, 2.05) is 13.0 Å². The molecule has 0 spiro atoms. The molecule has 4 heteroatoms. The van der Waals surface area contributed by atoms with Crippen LogP contribution in [0.1, 0.15) is 37.3 Å². The summed E-state index contributed by atoms with van der Waals surface area (Å²) in [6, 6.07) is 7.69. The van der Waals surface area contributed by atoms with Gasteiger partial charge in [-0.25, -0.2) is 8.78 Å². The van der Waals surface area contributed by atoms with Crippen LogP contribution in [-0.2, 0) is 5.41 Å². The Labute approximate surface area is 122 Å². The van der Waals surface area contributed by atoms with Gasteiger partial charge >= 0.3 is 0 Å². The summed E-state index contributed by atoms with van der Waals surface area (Å²) >= 11 is 1.72. The van der Waals surface area contributed by atoms with Gasteiger partial charge in [-0.15, -0.1) is 11.3 Å². The van der Waals surface area contributed by atoms with Gasteiger partial charge in [-0.05, 0) is 36.1 Å². The van der Waals surface area contributed by atoms with Gasteiger partial charge in [-0.2, -0.15) is 0 Å². The number of halogens is 2. The van der Waals surface area contributed by atoms with E-state index in [-0.39, 0.29) is 11.5 Å². The van der Waals surface area contributed by atoms with Crippen molar-refractivity contribution in [3.63, 3.8) is 0 Å². The van der Waals surface area contributed by atoms with E-state index in [9.17, 15) is 8.78 Å². The fourth-order valence-corrected chi connectivity index (χ4v) is 2.95. The van der Waals surface area contributed by atoms with Crippen molar-refractivity contribution in [3.8, 4) is 0 Å². The van der Waals surface area contributed by atoms with E-state index in [1.165, 1.54) is 17.0 Å². The first-order valence-corrected chi connectivity index (χ1v) is 7.50. The summed E-state index contributed by atoms with van der Waals surface area (Å²) in [5.41, 5.74) is 0.623. The minimum atomic E-state index is -0.536. The second-order valence-corrected chi connectivity index (χ2v) is 6.61. The Morgan fingerprint density at radius 1 is 1.20 bits per heavy atom. The lowest BCUT2D eigenvalue weighted by Gasteiger charge is -2.26. The van der Waals surface area contributed by atoms with Gasteiger partial charge in [0.15, 0.2) is 0 Å². The number of hydrogen-bond acceptors (Lipinski definition) is 2. The quantitative estimate of drug-likeness (QED) is 0.846. The van der Waals surface area contributed by atoms with Crippen LogP contribution in [0.3, 0.4) is 0 Å². The zero-order chi connectivity index (χ0) is 14.8. The molecule has 0 aliphatic rings. The normalized spacial score (nSPS) is 13.4. The lowest BCUT2D eigenvalue weighted by Crippen LogP contribution is -2.33.